The Labute approximate surface area is 59.5 Å². The van der Waals surface area contributed by atoms with E-state index in [1.807, 2.05) is 0 Å². The molecule has 5 N–H and O–H groups in total. The number of hydrogen-bond acceptors (Lipinski definition) is 2. The van der Waals surface area contributed by atoms with E-state index in [0.29, 0.717) is 18.9 Å². The lowest BCUT2D eigenvalue weighted by atomic mass is 10.6. The van der Waals surface area contributed by atoms with Crippen LogP contribution >= 0.6 is 0 Å². The van der Waals surface area contributed by atoms with Gasteiger partial charge in [-0.2, -0.15) is 0 Å². The van der Waals surface area contributed by atoms with Crippen molar-refractivity contribution in [1.82, 2.24) is 5.32 Å². The number of urea groups is 1. The maximum atomic E-state index is 10.1. The van der Waals surface area contributed by atoms with E-state index in [1.165, 1.54) is 0 Å². The zero-order valence-corrected chi connectivity index (χ0v) is 5.92. The molecule has 10 heavy (non-hydrogen) atoms. The number of nitrogens with two attached hydrogens (primary N) is 2. The van der Waals surface area contributed by atoms with E-state index in [1.54, 1.807) is 6.92 Å². The number of carbonyl (C=O) groups is 1. The van der Waals surface area contributed by atoms with Crippen LogP contribution < -0.4 is 16.8 Å². The van der Waals surface area contributed by atoms with Gasteiger partial charge in [-0.25, -0.2) is 4.79 Å². The van der Waals surface area contributed by atoms with Crippen molar-refractivity contribution in [2.45, 2.75) is 6.92 Å². The third-order valence-corrected chi connectivity index (χ3v) is 0.772. The van der Waals surface area contributed by atoms with Gasteiger partial charge in [0.1, 0.15) is 0 Å². The first-order valence-corrected chi connectivity index (χ1v) is 2.92. The molecule has 0 spiro atoms. The predicted octanol–water partition coefficient (Wildman–Crippen LogP) is -0.968. The molecule has 0 aliphatic carbocycles. The number of amides is 2. The Morgan fingerprint density at radius 1 is 1.60 bits per heavy atom. The average molecular weight is 144 g/mol. The molecule has 0 unspecified atom stereocenters. The Morgan fingerprint density at radius 2 is 2.20 bits per heavy atom. The molecule has 0 aliphatic heterocycles. The van der Waals surface area contributed by atoms with Crippen LogP contribution in [-0.4, -0.2) is 25.0 Å². The summed E-state index contributed by atoms with van der Waals surface area (Å²) in [5, 5.41) is 2.38. The van der Waals surface area contributed by atoms with Gasteiger partial charge in [0.15, 0.2) is 0 Å². The summed E-state index contributed by atoms with van der Waals surface area (Å²) in [6.07, 6.45) is 0. The zero-order chi connectivity index (χ0) is 7.98. The number of carbonyl (C=O) groups excluding carboxylic acids is 1. The number of amidine groups is 1. The van der Waals surface area contributed by atoms with Crippen LogP contribution in [0.3, 0.4) is 0 Å². The molecule has 2 amide bonds. The average Bonchev–Trinajstić information content (AvgIpc) is 1.79. The molecule has 0 aromatic carbocycles. The highest BCUT2D eigenvalue weighted by Crippen LogP contribution is 1.68. The van der Waals surface area contributed by atoms with Gasteiger partial charge in [-0.1, -0.05) is 0 Å². The molecule has 0 heterocycles. The van der Waals surface area contributed by atoms with Gasteiger partial charge in [-0.3, -0.25) is 4.99 Å². The van der Waals surface area contributed by atoms with Crippen molar-refractivity contribution in [3.63, 3.8) is 0 Å². The Kier molecular flexibility index (Phi) is 4.02. The van der Waals surface area contributed by atoms with Crippen molar-refractivity contribution >= 4 is 11.9 Å². The smallest absolute Gasteiger partial charge is 0.312 e. The second-order valence-corrected chi connectivity index (χ2v) is 1.81. The fourth-order valence-corrected chi connectivity index (χ4v) is 0.411. The number of nitrogens with zero attached hydrogens (tertiary/aromatic N) is 1. The molecular formula is C5H12N4O. The summed E-state index contributed by atoms with van der Waals surface area (Å²) in [7, 11) is 0. The van der Waals surface area contributed by atoms with Crippen LogP contribution in [0.4, 0.5) is 4.79 Å². The molecular weight excluding hydrogens is 132 g/mol. The van der Waals surface area contributed by atoms with Crippen molar-refractivity contribution in [3.05, 3.63) is 0 Å². The van der Waals surface area contributed by atoms with Crippen LogP contribution in [0.1, 0.15) is 6.92 Å². The molecule has 58 valence electrons. The number of aliphatic imine (C=N–C) groups is 1. The van der Waals surface area contributed by atoms with Crippen LogP contribution in [0.15, 0.2) is 4.99 Å². The van der Waals surface area contributed by atoms with Crippen molar-refractivity contribution in [2.24, 2.45) is 16.5 Å². The summed E-state index contributed by atoms with van der Waals surface area (Å²) in [6, 6.07) is -0.537. The number of rotatable bonds is 3. The largest absolute Gasteiger partial charge is 0.388 e. The molecule has 0 aromatic heterocycles. The molecule has 0 radical (unpaired) electrons. The highest BCUT2D eigenvalue weighted by Gasteiger charge is 1.87. The topological polar surface area (TPSA) is 93.5 Å². The monoisotopic (exact) mass is 144 g/mol. The quantitative estimate of drug-likeness (QED) is 0.270. The van der Waals surface area contributed by atoms with Crippen LogP contribution in [0, 0.1) is 0 Å². The minimum atomic E-state index is -0.537. The maximum absolute atomic E-state index is 10.1. The lowest BCUT2D eigenvalue weighted by molar-refractivity contribution is 0.249. The van der Waals surface area contributed by atoms with Gasteiger partial charge in [0.2, 0.25) is 0 Å². The summed E-state index contributed by atoms with van der Waals surface area (Å²) < 4.78 is 0. The Balaban J connectivity index is 3.21. The Hall–Kier alpha value is -1.26. The highest BCUT2D eigenvalue weighted by molar-refractivity contribution is 5.77. The van der Waals surface area contributed by atoms with Gasteiger partial charge >= 0.3 is 6.03 Å². The van der Waals surface area contributed by atoms with Crippen LogP contribution in [0.5, 0.6) is 0 Å². The van der Waals surface area contributed by atoms with E-state index in [0.717, 1.165) is 0 Å². The first-order valence-electron chi connectivity index (χ1n) is 2.92. The van der Waals surface area contributed by atoms with Gasteiger partial charge in [-0.15, -0.1) is 0 Å². The molecule has 5 nitrogen and oxygen atoms in total. The SMILES string of the molecule is CC(N)=NCCNC(N)=O. The van der Waals surface area contributed by atoms with Gasteiger partial charge in [-0.05, 0) is 6.92 Å². The van der Waals surface area contributed by atoms with Crippen molar-refractivity contribution in [3.8, 4) is 0 Å². The lowest BCUT2D eigenvalue weighted by Gasteiger charge is -1.96. The first kappa shape index (κ1) is 8.74. The number of primary amides is 1. The molecule has 0 saturated carbocycles. The molecule has 0 aromatic rings. The number of nitrogens with one attached hydrogen (secondary N) is 1. The molecule has 0 fully saturated rings. The van der Waals surface area contributed by atoms with E-state index in [4.69, 9.17) is 11.5 Å². The summed E-state index contributed by atoms with van der Waals surface area (Å²) in [6.45, 7) is 2.60. The van der Waals surface area contributed by atoms with Crippen molar-refractivity contribution in [1.29, 1.82) is 0 Å². The van der Waals surface area contributed by atoms with Gasteiger partial charge in [0.05, 0.1) is 12.4 Å². The zero-order valence-electron chi connectivity index (χ0n) is 5.92. The molecule has 0 rings (SSSR count). The van der Waals surface area contributed by atoms with Crippen LogP contribution in [0.25, 0.3) is 0 Å². The van der Waals surface area contributed by atoms with E-state index < -0.39 is 6.03 Å². The van der Waals surface area contributed by atoms with E-state index in [-0.39, 0.29) is 0 Å². The standard InChI is InChI=1S/C5H12N4O/c1-4(6)8-2-3-9-5(7)10/h2-3H2,1H3,(H2,6,8)(H3,7,9,10). The van der Waals surface area contributed by atoms with E-state index in [2.05, 4.69) is 10.3 Å². The second-order valence-electron chi connectivity index (χ2n) is 1.81. The third kappa shape index (κ3) is 6.74. The maximum Gasteiger partial charge on any atom is 0.312 e. The fourth-order valence-electron chi connectivity index (χ4n) is 0.411. The number of hydrogen-bond donors (Lipinski definition) is 3. The van der Waals surface area contributed by atoms with E-state index in [9.17, 15) is 4.79 Å². The summed E-state index contributed by atoms with van der Waals surface area (Å²) in [4.78, 5) is 13.9. The minimum absolute atomic E-state index is 0.434. The summed E-state index contributed by atoms with van der Waals surface area (Å²) >= 11 is 0. The molecule has 0 saturated heterocycles. The summed E-state index contributed by atoms with van der Waals surface area (Å²) in [5.74, 6) is 0.506. The predicted molar refractivity (Wildman–Crippen MR) is 39.7 cm³/mol. The summed E-state index contributed by atoms with van der Waals surface area (Å²) in [5.41, 5.74) is 9.99. The molecule has 0 bridgehead atoms. The minimum Gasteiger partial charge on any atom is -0.388 e. The second kappa shape index (κ2) is 4.60. The van der Waals surface area contributed by atoms with Crippen LogP contribution in [0.2, 0.25) is 0 Å². The fraction of sp³-hybridized carbons (Fsp3) is 0.600. The molecule has 5 heteroatoms. The highest BCUT2D eigenvalue weighted by atomic mass is 16.2. The van der Waals surface area contributed by atoms with Gasteiger partial charge in [0.25, 0.3) is 0 Å². The van der Waals surface area contributed by atoms with Crippen molar-refractivity contribution < 1.29 is 4.79 Å². The molecule has 0 atom stereocenters. The lowest BCUT2D eigenvalue weighted by Crippen LogP contribution is -2.31. The first-order chi connectivity index (χ1) is 4.63. The van der Waals surface area contributed by atoms with Crippen LogP contribution in [-0.2, 0) is 0 Å². The van der Waals surface area contributed by atoms with E-state index >= 15 is 0 Å². The van der Waals surface area contributed by atoms with Gasteiger partial charge in [0, 0.05) is 6.54 Å². The Morgan fingerprint density at radius 3 is 2.60 bits per heavy atom. The van der Waals surface area contributed by atoms with Gasteiger partial charge < -0.3 is 16.8 Å². The Bertz CT molecular complexity index is 139. The normalized spacial score (nSPS) is 11.1. The molecule has 0 aliphatic rings. The third-order valence-electron chi connectivity index (χ3n) is 0.772. The van der Waals surface area contributed by atoms with Crippen molar-refractivity contribution in [2.75, 3.05) is 13.1 Å².